The van der Waals surface area contributed by atoms with E-state index in [-0.39, 0.29) is 10.8 Å². The van der Waals surface area contributed by atoms with Crippen molar-refractivity contribution in [2.24, 2.45) is 0 Å². The molecule has 0 amide bonds. The molecule has 1 aliphatic rings. The lowest BCUT2D eigenvalue weighted by Gasteiger charge is -2.30. The van der Waals surface area contributed by atoms with Crippen LogP contribution in [0.25, 0.3) is 0 Å². The molecule has 0 bridgehead atoms. The van der Waals surface area contributed by atoms with E-state index < -0.39 is 0 Å². The molecule has 25 heavy (non-hydrogen) atoms. The van der Waals surface area contributed by atoms with Crippen LogP contribution in [0.15, 0.2) is 30.7 Å². The lowest BCUT2D eigenvalue weighted by Crippen LogP contribution is -2.26. The van der Waals surface area contributed by atoms with Crippen LogP contribution in [0, 0.1) is 0 Å². The average molecular weight is 339 g/mol. The van der Waals surface area contributed by atoms with E-state index in [0.717, 1.165) is 18.7 Å². The highest BCUT2D eigenvalue weighted by molar-refractivity contribution is 5.25. The van der Waals surface area contributed by atoms with E-state index in [1.165, 1.54) is 24.1 Å². The Hall–Kier alpha value is -1.97. The third kappa shape index (κ3) is 4.17. The Morgan fingerprint density at radius 2 is 1.56 bits per heavy atom. The molecule has 4 heteroatoms. The number of pyridine rings is 1. The van der Waals surface area contributed by atoms with Crippen LogP contribution < -0.4 is 4.74 Å². The van der Waals surface area contributed by atoms with Crippen molar-refractivity contribution in [2.45, 2.75) is 70.1 Å². The third-order valence-electron chi connectivity index (χ3n) is 5.41. The Kier molecular flexibility index (Phi) is 4.81. The van der Waals surface area contributed by atoms with Crippen molar-refractivity contribution in [1.82, 2.24) is 15.0 Å². The molecule has 2 aromatic heterocycles. The molecule has 0 aliphatic heterocycles. The molecule has 0 aromatic carbocycles. The van der Waals surface area contributed by atoms with Crippen LogP contribution in [0.1, 0.15) is 76.4 Å². The first kappa shape index (κ1) is 17.8. The maximum atomic E-state index is 5.15. The molecule has 134 valence electrons. The van der Waals surface area contributed by atoms with Gasteiger partial charge >= 0.3 is 0 Å². The van der Waals surface area contributed by atoms with Gasteiger partial charge in [-0.2, -0.15) is 0 Å². The van der Waals surface area contributed by atoms with Crippen molar-refractivity contribution in [2.75, 3.05) is 7.11 Å². The van der Waals surface area contributed by atoms with Crippen molar-refractivity contribution in [1.29, 1.82) is 0 Å². The lowest BCUT2D eigenvalue weighted by atomic mass is 9.75. The van der Waals surface area contributed by atoms with Crippen molar-refractivity contribution in [3.8, 4) is 5.75 Å². The summed E-state index contributed by atoms with van der Waals surface area (Å²) in [7, 11) is 1.63. The number of methoxy groups -OCH3 is 1. The zero-order chi connectivity index (χ0) is 18.1. The molecule has 1 aliphatic carbocycles. The number of hydrogen-bond donors (Lipinski definition) is 0. The van der Waals surface area contributed by atoms with Crippen LogP contribution in [0.4, 0.5) is 0 Å². The molecular formula is C21H29N3O. The highest BCUT2D eigenvalue weighted by Crippen LogP contribution is 2.40. The Labute approximate surface area is 151 Å². The number of hydrogen-bond acceptors (Lipinski definition) is 4. The normalized spacial score (nSPS) is 15.2. The Balaban J connectivity index is 1.66. The molecule has 2 aromatic rings. The summed E-state index contributed by atoms with van der Waals surface area (Å²) < 4.78 is 5.15. The maximum absolute atomic E-state index is 5.15. The molecule has 1 fully saturated rings. The first-order valence-electron chi connectivity index (χ1n) is 9.15. The molecule has 3 rings (SSSR count). The fraction of sp³-hybridized carbons (Fsp3) is 0.571. The predicted octanol–water partition coefficient (Wildman–Crippen LogP) is 4.79. The van der Waals surface area contributed by atoms with Crippen molar-refractivity contribution in [3.63, 3.8) is 0 Å². The van der Waals surface area contributed by atoms with Gasteiger partial charge in [0, 0.05) is 23.2 Å². The molecule has 0 spiro atoms. The Bertz CT molecular complexity index is 701. The van der Waals surface area contributed by atoms with E-state index in [2.05, 4.69) is 56.0 Å². The molecule has 0 atom stereocenters. The van der Waals surface area contributed by atoms with Gasteiger partial charge in [-0.1, -0.05) is 33.8 Å². The standard InChI is InChI=1S/C21H29N3O/c1-20(2,16-8-9-18(22-12-16)15-6-7-15)10-11-21(3,4)19-23-13-17(25-5)14-24-19/h8-9,12-15H,6-7,10-11H2,1-5H3. The highest BCUT2D eigenvalue weighted by Gasteiger charge is 2.30. The predicted molar refractivity (Wildman–Crippen MR) is 100 cm³/mol. The monoisotopic (exact) mass is 339 g/mol. The van der Waals surface area contributed by atoms with Gasteiger partial charge in [-0.3, -0.25) is 4.98 Å². The minimum atomic E-state index is -0.0784. The van der Waals surface area contributed by atoms with E-state index in [1.54, 1.807) is 19.5 Å². The van der Waals surface area contributed by atoms with Crippen molar-refractivity contribution in [3.05, 3.63) is 47.8 Å². The van der Waals surface area contributed by atoms with E-state index in [9.17, 15) is 0 Å². The SMILES string of the molecule is COc1cnc(C(C)(C)CCC(C)(C)c2ccc(C3CC3)nc2)nc1. The molecule has 4 nitrogen and oxygen atoms in total. The van der Waals surface area contributed by atoms with E-state index >= 15 is 0 Å². The zero-order valence-electron chi connectivity index (χ0n) is 16.0. The van der Waals surface area contributed by atoms with Crippen LogP contribution in [-0.2, 0) is 10.8 Å². The topological polar surface area (TPSA) is 47.9 Å². The summed E-state index contributed by atoms with van der Waals surface area (Å²) in [6.07, 6.45) is 10.2. The van der Waals surface area contributed by atoms with E-state index in [0.29, 0.717) is 11.7 Å². The molecule has 0 N–H and O–H groups in total. The minimum absolute atomic E-state index is 0.0784. The largest absolute Gasteiger partial charge is 0.494 e. The summed E-state index contributed by atoms with van der Waals surface area (Å²) in [4.78, 5) is 13.7. The van der Waals surface area contributed by atoms with Gasteiger partial charge in [0.15, 0.2) is 5.75 Å². The zero-order valence-corrected chi connectivity index (χ0v) is 16.0. The second-order valence-corrected chi connectivity index (χ2v) is 8.46. The van der Waals surface area contributed by atoms with Crippen molar-refractivity contribution >= 4 is 0 Å². The van der Waals surface area contributed by atoms with Gasteiger partial charge < -0.3 is 4.74 Å². The molecule has 1 saturated carbocycles. The first-order chi connectivity index (χ1) is 11.8. The second kappa shape index (κ2) is 6.74. The van der Waals surface area contributed by atoms with Gasteiger partial charge in [-0.25, -0.2) is 9.97 Å². The summed E-state index contributed by atoms with van der Waals surface area (Å²) in [6.45, 7) is 9.01. The fourth-order valence-electron chi connectivity index (χ4n) is 3.08. The number of aromatic nitrogens is 3. The first-order valence-corrected chi connectivity index (χ1v) is 9.15. The van der Waals surface area contributed by atoms with Gasteiger partial charge in [0.1, 0.15) is 5.82 Å². The average Bonchev–Trinajstić information content (AvgIpc) is 3.46. The fourth-order valence-corrected chi connectivity index (χ4v) is 3.08. The molecule has 2 heterocycles. The van der Waals surface area contributed by atoms with Crippen LogP contribution in [0.3, 0.4) is 0 Å². The number of nitrogens with zero attached hydrogens (tertiary/aromatic N) is 3. The highest BCUT2D eigenvalue weighted by atomic mass is 16.5. The van der Waals surface area contributed by atoms with Crippen LogP contribution >= 0.6 is 0 Å². The van der Waals surface area contributed by atoms with Gasteiger partial charge in [-0.15, -0.1) is 0 Å². The molecule has 0 radical (unpaired) electrons. The summed E-state index contributed by atoms with van der Waals surface area (Å²) >= 11 is 0. The van der Waals surface area contributed by atoms with Gasteiger partial charge in [0.2, 0.25) is 0 Å². The summed E-state index contributed by atoms with van der Waals surface area (Å²) in [5.41, 5.74) is 2.57. The molecular weight excluding hydrogens is 310 g/mol. The van der Waals surface area contributed by atoms with Gasteiger partial charge in [0.25, 0.3) is 0 Å². The van der Waals surface area contributed by atoms with E-state index in [4.69, 9.17) is 9.72 Å². The smallest absolute Gasteiger partial charge is 0.155 e. The summed E-state index contributed by atoms with van der Waals surface area (Å²) in [6, 6.07) is 4.48. The van der Waals surface area contributed by atoms with Crippen LogP contribution in [-0.4, -0.2) is 22.1 Å². The van der Waals surface area contributed by atoms with Gasteiger partial charge in [-0.05, 0) is 42.7 Å². The Morgan fingerprint density at radius 3 is 2.08 bits per heavy atom. The molecule has 0 saturated heterocycles. The quantitative estimate of drug-likeness (QED) is 0.727. The minimum Gasteiger partial charge on any atom is -0.494 e. The third-order valence-corrected chi connectivity index (χ3v) is 5.41. The molecule has 0 unspecified atom stereocenters. The van der Waals surface area contributed by atoms with Crippen LogP contribution in [0.5, 0.6) is 5.75 Å². The van der Waals surface area contributed by atoms with Crippen molar-refractivity contribution < 1.29 is 4.74 Å². The lowest BCUT2D eigenvalue weighted by molar-refractivity contribution is 0.358. The number of ether oxygens (including phenoxy) is 1. The van der Waals surface area contributed by atoms with E-state index in [1.807, 2.05) is 0 Å². The number of rotatable bonds is 7. The van der Waals surface area contributed by atoms with Gasteiger partial charge in [0.05, 0.1) is 19.5 Å². The maximum Gasteiger partial charge on any atom is 0.155 e. The summed E-state index contributed by atoms with van der Waals surface area (Å²) in [5, 5.41) is 0. The second-order valence-electron chi connectivity index (χ2n) is 8.46. The van der Waals surface area contributed by atoms with Crippen LogP contribution in [0.2, 0.25) is 0 Å². The summed E-state index contributed by atoms with van der Waals surface area (Å²) in [5.74, 6) is 2.27. The Morgan fingerprint density at radius 1 is 0.920 bits per heavy atom.